The fourth-order valence-electron chi connectivity index (χ4n) is 1.71. The molecule has 1 N–H and O–H groups in total. The zero-order valence-electron chi connectivity index (χ0n) is 9.51. The van der Waals surface area contributed by atoms with Gasteiger partial charge in [-0.25, -0.2) is 15.0 Å². The highest BCUT2D eigenvalue weighted by atomic mass is 15.1. The number of nitrogens with zero attached hydrogens (tertiary/aromatic N) is 4. The maximum Gasteiger partial charge on any atom is 0.146 e. The molecule has 5 heteroatoms. The van der Waals surface area contributed by atoms with E-state index < -0.39 is 0 Å². The van der Waals surface area contributed by atoms with Crippen molar-refractivity contribution in [2.45, 2.75) is 19.8 Å². The molecule has 84 valence electrons. The Morgan fingerprint density at radius 1 is 1.38 bits per heavy atom. The van der Waals surface area contributed by atoms with Crippen LogP contribution < -0.4 is 5.32 Å². The molecule has 0 aliphatic heterocycles. The highest BCUT2D eigenvalue weighted by Gasteiger charge is 2.10. The number of hydrogen-bond acceptors (Lipinski definition) is 4. The second-order valence-corrected chi connectivity index (χ2v) is 3.49. The normalized spacial score (nSPS) is 10.4. The molecule has 0 saturated carbocycles. The summed E-state index contributed by atoms with van der Waals surface area (Å²) in [6.07, 6.45) is 8.97. The lowest BCUT2D eigenvalue weighted by Gasteiger charge is -2.11. The van der Waals surface area contributed by atoms with Gasteiger partial charge in [-0.15, -0.1) is 0 Å². The van der Waals surface area contributed by atoms with Gasteiger partial charge in [0.2, 0.25) is 0 Å². The third-order valence-electron chi connectivity index (χ3n) is 2.41. The third kappa shape index (κ3) is 1.88. The summed E-state index contributed by atoms with van der Waals surface area (Å²) >= 11 is 0. The summed E-state index contributed by atoms with van der Waals surface area (Å²) in [5.41, 5.74) is 1.13. The number of imidazole rings is 1. The van der Waals surface area contributed by atoms with Crippen LogP contribution in [-0.2, 0) is 6.42 Å². The molecule has 0 bridgehead atoms. The van der Waals surface area contributed by atoms with E-state index in [1.807, 2.05) is 17.8 Å². The van der Waals surface area contributed by atoms with Crippen molar-refractivity contribution in [1.82, 2.24) is 19.5 Å². The first kappa shape index (κ1) is 10.6. The van der Waals surface area contributed by atoms with Crippen molar-refractivity contribution in [3.63, 3.8) is 0 Å². The largest absolute Gasteiger partial charge is 0.373 e. The molecule has 2 rings (SSSR count). The van der Waals surface area contributed by atoms with E-state index in [1.54, 1.807) is 18.9 Å². The van der Waals surface area contributed by atoms with E-state index in [0.717, 1.165) is 30.0 Å². The standard InChI is InChI=1S/C11H15N5/c1-3-4-9-10(12-2)14-7-15-11(9)16-6-5-13-8-16/h5-8H,3-4H2,1-2H3,(H,12,14,15). The Hall–Kier alpha value is -1.91. The van der Waals surface area contributed by atoms with Crippen molar-refractivity contribution in [3.05, 3.63) is 30.6 Å². The fraction of sp³-hybridized carbons (Fsp3) is 0.364. The molecule has 0 aliphatic rings. The maximum atomic E-state index is 4.32. The minimum atomic E-state index is 0.889. The lowest BCUT2D eigenvalue weighted by molar-refractivity contribution is 0.862. The van der Waals surface area contributed by atoms with Crippen LogP contribution in [-0.4, -0.2) is 26.6 Å². The smallest absolute Gasteiger partial charge is 0.146 e. The molecule has 2 aromatic heterocycles. The van der Waals surface area contributed by atoms with Gasteiger partial charge in [0.1, 0.15) is 24.3 Å². The van der Waals surface area contributed by atoms with Crippen LogP contribution in [0.15, 0.2) is 25.0 Å². The van der Waals surface area contributed by atoms with Crippen molar-refractivity contribution < 1.29 is 0 Å². The Labute approximate surface area is 94.6 Å². The first-order valence-corrected chi connectivity index (χ1v) is 5.36. The van der Waals surface area contributed by atoms with E-state index >= 15 is 0 Å². The van der Waals surface area contributed by atoms with Gasteiger partial charge >= 0.3 is 0 Å². The minimum Gasteiger partial charge on any atom is -0.373 e. The van der Waals surface area contributed by atoms with Crippen molar-refractivity contribution in [2.24, 2.45) is 0 Å². The van der Waals surface area contributed by atoms with E-state index in [4.69, 9.17) is 0 Å². The van der Waals surface area contributed by atoms with Crippen LogP contribution in [0.5, 0.6) is 0 Å². The number of rotatable bonds is 4. The van der Waals surface area contributed by atoms with Crippen LogP contribution in [0.1, 0.15) is 18.9 Å². The Bertz CT molecular complexity index is 449. The molecule has 0 atom stereocenters. The highest BCUT2D eigenvalue weighted by Crippen LogP contribution is 2.19. The van der Waals surface area contributed by atoms with Gasteiger partial charge in [-0.2, -0.15) is 0 Å². The summed E-state index contributed by atoms with van der Waals surface area (Å²) < 4.78 is 1.91. The quantitative estimate of drug-likeness (QED) is 0.846. The molecule has 0 fully saturated rings. The van der Waals surface area contributed by atoms with Gasteiger partial charge in [-0.3, -0.25) is 4.57 Å². The predicted octanol–water partition coefficient (Wildman–Crippen LogP) is 1.66. The molecular formula is C11H15N5. The predicted molar refractivity (Wildman–Crippen MR) is 62.7 cm³/mol. The van der Waals surface area contributed by atoms with E-state index in [1.165, 1.54) is 0 Å². The Morgan fingerprint density at radius 2 is 2.25 bits per heavy atom. The lowest BCUT2D eigenvalue weighted by atomic mass is 10.1. The van der Waals surface area contributed by atoms with Crippen molar-refractivity contribution >= 4 is 5.82 Å². The summed E-state index contributed by atoms with van der Waals surface area (Å²) in [6, 6.07) is 0. The van der Waals surface area contributed by atoms with E-state index in [9.17, 15) is 0 Å². The van der Waals surface area contributed by atoms with Gasteiger partial charge in [-0.1, -0.05) is 13.3 Å². The van der Waals surface area contributed by atoms with Gasteiger partial charge in [0.05, 0.1) is 0 Å². The highest BCUT2D eigenvalue weighted by molar-refractivity contribution is 5.51. The van der Waals surface area contributed by atoms with E-state index in [2.05, 4.69) is 27.2 Å². The Kier molecular flexibility index (Phi) is 3.14. The van der Waals surface area contributed by atoms with Crippen LogP contribution in [0, 0.1) is 0 Å². The second kappa shape index (κ2) is 4.74. The summed E-state index contributed by atoms with van der Waals surface area (Å²) in [6.45, 7) is 2.14. The summed E-state index contributed by atoms with van der Waals surface area (Å²) in [7, 11) is 1.87. The Morgan fingerprint density at radius 3 is 2.88 bits per heavy atom. The zero-order chi connectivity index (χ0) is 11.4. The molecule has 16 heavy (non-hydrogen) atoms. The topological polar surface area (TPSA) is 55.6 Å². The van der Waals surface area contributed by atoms with Gasteiger partial charge in [-0.05, 0) is 6.42 Å². The molecule has 0 spiro atoms. The van der Waals surface area contributed by atoms with Crippen LogP contribution in [0.25, 0.3) is 5.82 Å². The van der Waals surface area contributed by atoms with E-state index in [-0.39, 0.29) is 0 Å². The third-order valence-corrected chi connectivity index (χ3v) is 2.41. The zero-order valence-corrected chi connectivity index (χ0v) is 9.51. The first-order chi connectivity index (χ1) is 7.86. The maximum absolute atomic E-state index is 4.32. The molecule has 2 heterocycles. The molecule has 0 saturated heterocycles. The molecule has 0 unspecified atom stereocenters. The monoisotopic (exact) mass is 217 g/mol. The summed E-state index contributed by atoms with van der Waals surface area (Å²) in [5.74, 6) is 1.79. The number of anilines is 1. The minimum absolute atomic E-state index is 0.889. The summed E-state index contributed by atoms with van der Waals surface area (Å²) in [5, 5.41) is 3.10. The molecular weight excluding hydrogens is 202 g/mol. The molecule has 0 aliphatic carbocycles. The molecule has 0 aromatic carbocycles. The van der Waals surface area contributed by atoms with Crippen molar-refractivity contribution in [3.8, 4) is 5.82 Å². The fourth-order valence-corrected chi connectivity index (χ4v) is 1.71. The number of nitrogens with one attached hydrogen (secondary N) is 1. The van der Waals surface area contributed by atoms with Crippen LogP contribution in [0.4, 0.5) is 5.82 Å². The number of aromatic nitrogens is 4. The molecule has 0 amide bonds. The van der Waals surface area contributed by atoms with Crippen molar-refractivity contribution in [1.29, 1.82) is 0 Å². The van der Waals surface area contributed by atoms with Crippen LogP contribution >= 0.6 is 0 Å². The van der Waals surface area contributed by atoms with Gasteiger partial charge < -0.3 is 5.32 Å². The lowest BCUT2D eigenvalue weighted by Crippen LogP contribution is -2.06. The molecule has 2 aromatic rings. The van der Waals surface area contributed by atoms with Crippen LogP contribution in [0.3, 0.4) is 0 Å². The van der Waals surface area contributed by atoms with E-state index in [0.29, 0.717) is 0 Å². The Balaban J connectivity index is 2.51. The van der Waals surface area contributed by atoms with Gasteiger partial charge in [0.15, 0.2) is 0 Å². The number of hydrogen-bond donors (Lipinski definition) is 1. The molecule has 0 radical (unpaired) electrons. The average molecular weight is 217 g/mol. The molecule has 5 nitrogen and oxygen atoms in total. The van der Waals surface area contributed by atoms with Crippen molar-refractivity contribution in [2.75, 3.05) is 12.4 Å². The van der Waals surface area contributed by atoms with Gasteiger partial charge in [0, 0.05) is 25.0 Å². The summed E-state index contributed by atoms with van der Waals surface area (Å²) in [4.78, 5) is 12.6. The second-order valence-electron chi connectivity index (χ2n) is 3.49. The SMILES string of the molecule is CCCc1c(NC)ncnc1-n1ccnc1. The first-order valence-electron chi connectivity index (χ1n) is 5.36. The van der Waals surface area contributed by atoms with Gasteiger partial charge in [0.25, 0.3) is 0 Å². The van der Waals surface area contributed by atoms with Crippen LogP contribution in [0.2, 0.25) is 0 Å². The average Bonchev–Trinajstić information content (AvgIpc) is 2.83.